The van der Waals surface area contributed by atoms with E-state index in [4.69, 9.17) is 4.74 Å². The van der Waals surface area contributed by atoms with Crippen molar-refractivity contribution in [3.8, 4) is 17.1 Å². The van der Waals surface area contributed by atoms with Gasteiger partial charge in [-0.15, -0.1) is 0 Å². The van der Waals surface area contributed by atoms with Gasteiger partial charge in [-0.25, -0.2) is 15.0 Å². The van der Waals surface area contributed by atoms with E-state index in [1.807, 2.05) is 48.0 Å². The summed E-state index contributed by atoms with van der Waals surface area (Å²) >= 11 is 0. The van der Waals surface area contributed by atoms with Gasteiger partial charge in [-0.3, -0.25) is 4.40 Å². The molecular weight excluding hydrogens is 304 g/mol. The van der Waals surface area contributed by atoms with Crippen LogP contribution in [0.1, 0.15) is 5.69 Å². The summed E-state index contributed by atoms with van der Waals surface area (Å²) in [5, 5.41) is 3.29. The Balaban J connectivity index is 1.65. The van der Waals surface area contributed by atoms with Crippen molar-refractivity contribution in [2.75, 3.05) is 12.4 Å². The molecule has 0 atom stereocenters. The van der Waals surface area contributed by atoms with Crippen molar-refractivity contribution in [2.24, 2.45) is 0 Å². The average Bonchev–Trinajstić information content (AvgIpc) is 3.18. The third-order valence-corrected chi connectivity index (χ3v) is 3.76. The molecule has 0 bridgehead atoms. The molecule has 0 unspecified atom stereocenters. The summed E-state index contributed by atoms with van der Waals surface area (Å²) in [5.74, 6) is 2.15. The van der Waals surface area contributed by atoms with Crippen LogP contribution in [0.15, 0.2) is 49.1 Å². The Labute approximate surface area is 138 Å². The zero-order chi connectivity index (χ0) is 16.5. The highest BCUT2D eigenvalue weighted by atomic mass is 16.5. The summed E-state index contributed by atoms with van der Waals surface area (Å²) in [6, 6.07) is 7.66. The molecule has 0 amide bonds. The second-order valence-corrected chi connectivity index (χ2v) is 5.35. The van der Waals surface area contributed by atoms with Crippen LogP contribution in [0.4, 0.5) is 11.5 Å². The summed E-state index contributed by atoms with van der Waals surface area (Å²) < 4.78 is 7.05. The van der Waals surface area contributed by atoms with Crippen LogP contribution in [-0.2, 0) is 0 Å². The Morgan fingerprint density at radius 3 is 2.96 bits per heavy atom. The minimum Gasteiger partial charge on any atom is -0.481 e. The van der Waals surface area contributed by atoms with Crippen molar-refractivity contribution in [1.82, 2.24) is 24.3 Å². The number of rotatable bonds is 4. The molecule has 0 radical (unpaired) electrons. The molecule has 0 aromatic carbocycles. The minimum atomic E-state index is 0.585. The summed E-state index contributed by atoms with van der Waals surface area (Å²) in [7, 11) is 1.60. The minimum absolute atomic E-state index is 0.585. The van der Waals surface area contributed by atoms with Crippen molar-refractivity contribution in [3.05, 3.63) is 54.7 Å². The highest BCUT2D eigenvalue weighted by Crippen LogP contribution is 2.27. The maximum Gasteiger partial charge on any atom is 0.234 e. The fourth-order valence-electron chi connectivity index (χ4n) is 2.68. The number of fused-ring (bicyclic) bond motifs is 1. The molecule has 2 N–H and O–H groups in total. The van der Waals surface area contributed by atoms with E-state index in [1.165, 1.54) is 0 Å². The number of nitrogens with one attached hydrogen (secondary N) is 2. The van der Waals surface area contributed by atoms with Gasteiger partial charge in [-0.1, -0.05) is 0 Å². The molecular formula is C17H16N6O. The first-order valence-corrected chi connectivity index (χ1v) is 7.50. The fourth-order valence-corrected chi connectivity index (χ4v) is 2.68. The van der Waals surface area contributed by atoms with Gasteiger partial charge in [-0.2, -0.15) is 0 Å². The van der Waals surface area contributed by atoms with Gasteiger partial charge in [0.25, 0.3) is 0 Å². The van der Waals surface area contributed by atoms with Crippen LogP contribution in [0.2, 0.25) is 0 Å². The first-order valence-electron chi connectivity index (χ1n) is 7.50. The molecule has 120 valence electrons. The van der Waals surface area contributed by atoms with E-state index in [0.29, 0.717) is 11.7 Å². The molecule has 24 heavy (non-hydrogen) atoms. The average molecular weight is 320 g/mol. The standard InChI is InChI=1S/C17H16N6O/c1-11-16(23-7-3-6-18-17(23)21-11)12-8-14(19-9-12)22-13-4-5-15(24-2)20-10-13/h3-10,19,22H,1-2H3. The first kappa shape index (κ1) is 14.3. The van der Waals surface area contributed by atoms with Crippen molar-refractivity contribution < 1.29 is 4.74 Å². The normalized spacial score (nSPS) is 10.9. The van der Waals surface area contributed by atoms with Crippen LogP contribution >= 0.6 is 0 Å². The van der Waals surface area contributed by atoms with Crippen LogP contribution in [-0.4, -0.2) is 31.4 Å². The van der Waals surface area contributed by atoms with Gasteiger partial charge >= 0.3 is 0 Å². The van der Waals surface area contributed by atoms with Crippen LogP contribution in [0.3, 0.4) is 0 Å². The number of hydrogen-bond acceptors (Lipinski definition) is 5. The molecule has 7 nitrogen and oxygen atoms in total. The van der Waals surface area contributed by atoms with E-state index in [2.05, 4.69) is 25.3 Å². The quantitative estimate of drug-likeness (QED) is 0.603. The third kappa shape index (κ3) is 2.45. The molecule has 4 rings (SSSR count). The fraction of sp³-hybridized carbons (Fsp3) is 0.118. The summed E-state index contributed by atoms with van der Waals surface area (Å²) in [4.78, 5) is 16.2. The molecule has 7 heteroatoms. The Kier molecular flexibility index (Phi) is 3.38. The van der Waals surface area contributed by atoms with E-state index in [-0.39, 0.29) is 0 Å². The lowest BCUT2D eigenvalue weighted by molar-refractivity contribution is 0.398. The number of anilines is 2. The summed E-state index contributed by atoms with van der Waals surface area (Å²) in [5.41, 5.74) is 3.87. The number of ether oxygens (including phenoxy) is 1. The lowest BCUT2D eigenvalue weighted by Gasteiger charge is -2.04. The molecule has 0 aliphatic rings. The van der Waals surface area contributed by atoms with Gasteiger partial charge in [-0.05, 0) is 25.1 Å². The lowest BCUT2D eigenvalue weighted by Crippen LogP contribution is -1.92. The summed E-state index contributed by atoms with van der Waals surface area (Å²) in [6.07, 6.45) is 7.38. The second-order valence-electron chi connectivity index (χ2n) is 5.35. The molecule has 0 fully saturated rings. The van der Waals surface area contributed by atoms with E-state index in [1.54, 1.807) is 19.5 Å². The monoisotopic (exact) mass is 320 g/mol. The lowest BCUT2D eigenvalue weighted by atomic mass is 10.2. The zero-order valence-electron chi connectivity index (χ0n) is 13.3. The van der Waals surface area contributed by atoms with E-state index < -0.39 is 0 Å². The highest BCUT2D eigenvalue weighted by molar-refractivity contribution is 5.70. The maximum atomic E-state index is 5.06. The number of methoxy groups -OCH3 is 1. The van der Waals surface area contributed by atoms with Crippen molar-refractivity contribution in [2.45, 2.75) is 6.92 Å². The number of pyridine rings is 1. The molecule has 0 spiro atoms. The van der Waals surface area contributed by atoms with Crippen LogP contribution in [0, 0.1) is 6.92 Å². The van der Waals surface area contributed by atoms with Crippen LogP contribution < -0.4 is 10.1 Å². The van der Waals surface area contributed by atoms with Gasteiger partial charge in [0, 0.05) is 30.2 Å². The second kappa shape index (κ2) is 5.69. The summed E-state index contributed by atoms with van der Waals surface area (Å²) in [6.45, 7) is 1.98. The molecule has 0 aliphatic carbocycles. The number of aromatic amines is 1. The molecule has 0 saturated heterocycles. The third-order valence-electron chi connectivity index (χ3n) is 3.76. The molecule has 0 aliphatic heterocycles. The first-order chi connectivity index (χ1) is 11.7. The molecule has 4 heterocycles. The number of H-pyrrole nitrogens is 1. The van der Waals surface area contributed by atoms with Crippen molar-refractivity contribution in [1.29, 1.82) is 0 Å². The largest absolute Gasteiger partial charge is 0.481 e. The smallest absolute Gasteiger partial charge is 0.234 e. The molecule has 4 aromatic heterocycles. The van der Waals surface area contributed by atoms with Crippen LogP contribution in [0.25, 0.3) is 17.0 Å². The van der Waals surface area contributed by atoms with E-state index in [0.717, 1.165) is 28.5 Å². The maximum absolute atomic E-state index is 5.06. The number of imidazole rings is 1. The van der Waals surface area contributed by atoms with E-state index >= 15 is 0 Å². The number of aryl methyl sites for hydroxylation is 1. The van der Waals surface area contributed by atoms with Gasteiger partial charge in [0.15, 0.2) is 0 Å². The predicted molar refractivity (Wildman–Crippen MR) is 91.6 cm³/mol. The molecule has 4 aromatic rings. The van der Waals surface area contributed by atoms with Gasteiger partial charge in [0.05, 0.1) is 30.4 Å². The van der Waals surface area contributed by atoms with Crippen LogP contribution in [0.5, 0.6) is 5.88 Å². The number of hydrogen-bond donors (Lipinski definition) is 2. The Morgan fingerprint density at radius 2 is 2.17 bits per heavy atom. The van der Waals surface area contributed by atoms with Gasteiger partial charge < -0.3 is 15.0 Å². The Hall–Kier alpha value is -3.35. The van der Waals surface area contributed by atoms with Crippen molar-refractivity contribution >= 4 is 17.3 Å². The van der Waals surface area contributed by atoms with Gasteiger partial charge in [0.1, 0.15) is 5.82 Å². The van der Waals surface area contributed by atoms with Gasteiger partial charge in [0.2, 0.25) is 11.7 Å². The van der Waals surface area contributed by atoms with E-state index in [9.17, 15) is 0 Å². The number of aromatic nitrogens is 5. The highest BCUT2D eigenvalue weighted by Gasteiger charge is 2.13. The molecule has 0 saturated carbocycles. The Morgan fingerprint density at radius 1 is 1.25 bits per heavy atom. The Bertz CT molecular complexity index is 986. The number of nitrogens with zero attached hydrogens (tertiary/aromatic N) is 4. The topological polar surface area (TPSA) is 80.1 Å². The SMILES string of the molecule is COc1ccc(Nc2cc(-c3c(C)nc4ncccn34)c[nH]2)cn1. The predicted octanol–water partition coefficient (Wildman–Crippen LogP) is 3.18. The van der Waals surface area contributed by atoms with Crippen molar-refractivity contribution in [3.63, 3.8) is 0 Å². The zero-order valence-corrected chi connectivity index (χ0v) is 13.3.